The van der Waals surface area contributed by atoms with Crippen LogP contribution in [0.3, 0.4) is 0 Å². The number of carbonyl (C=O) groups is 3. The number of nitrogens with zero attached hydrogens (tertiary/aromatic N) is 2. The molecular formula is C34H26ClN3O3. The largest absolute Gasteiger partial charge is 0.274 e. The van der Waals surface area contributed by atoms with Gasteiger partial charge in [-0.05, 0) is 59.0 Å². The first-order chi connectivity index (χ1) is 19.9. The average Bonchev–Trinajstić information content (AvgIpc) is 3.25. The molecule has 0 aromatic heterocycles. The molecule has 8 rings (SSSR count). The van der Waals surface area contributed by atoms with Crippen LogP contribution in [-0.4, -0.2) is 23.9 Å². The van der Waals surface area contributed by atoms with E-state index in [1.807, 2.05) is 79.7 Å². The lowest BCUT2D eigenvalue weighted by atomic mass is 9.47. The van der Waals surface area contributed by atoms with Crippen molar-refractivity contribution in [3.63, 3.8) is 0 Å². The third kappa shape index (κ3) is 3.78. The minimum Gasteiger partial charge on any atom is -0.274 e. The zero-order valence-corrected chi connectivity index (χ0v) is 23.0. The predicted octanol–water partition coefficient (Wildman–Crippen LogP) is 5.54. The number of hydrazone groups is 1. The normalized spacial score (nSPS) is 23.9. The highest BCUT2D eigenvalue weighted by Gasteiger charge is 2.68. The quantitative estimate of drug-likeness (QED) is 0.198. The molecule has 0 saturated carbocycles. The molecule has 6 nitrogen and oxygen atoms in total. The van der Waals surface area contributed by atoms with Crippen LogP contribution >= 0.6 is 11.6 Å². The van der Waals surface area contributed by atoms with Crippen molar-refractivity contribution in [1.82, 2.24) is 5.43 Å². The van der Waals surface area contributed by atoms with Crippen LogP contribution in [0.1, 0.15) is 39.3 Å². The van der Waals surface area contributed by atoms with E-state index in [1.165, 1.54) is 4.90 Å². The van der Waals surface area contributed by atoms with Crippen LogP contribution in [0.5, 0.6) is 0 Å². The Kier molecular flexibility index (Phi) is 5.91. The summed E-state index contributed by atoms with van der Waals surface area (Å²) in [5.74, 6) is -2.31. The Morgan fingerprint density at radius 3 is 2.12 bits per heavy atom. The lowest BCUT2D eigenvalue weighted by Crippen LogP contribution is -2.54. The highest BCUT2D eigenvalue weighted by Crippen LogP contribution is 2.63. The fourth-order valence-corrected chi connectivity index (χ4v) is 7.16. The van der Waals surface area contributed by atoms with Crippen LogP contribution < -0.4 is 10.3 Å². The van der Waals surface area contributed by atoms with Crippen LogP contribution in [0.2, 0.25) is 5.02 Å². The molecule has 1 N–H and O–H groups in total. The van der Waals surface area contributed by atoms with Gasteiger partial charge in [-0.3, -0.25) is 14.4 Å². The number of benzene rings is 4. The Morgan fingerprint density at radius 1 is 0.878 bits per heavy atom. The first-order valence-electron chi connectivity index (χ1n) is 13.6. The standard InChI is InChI=1S/C34H26ClN3O3/c1-20-10-16-23(17-11-20)38-32(40)30-29-24-6-2-4-8-26(24)34(31(30)33(38)41,27-9-5-3-7-25(27)29)19-36-37-28(39)18-21-12-14-22(35)15-13-21/h2-17,19,29-31H,18H2,1H3,(H,37,39)/b36-19-/t29?,30-,31+,34?/m1/s1. The van der Waals surface area contributed by atoms with Crippen LogP contribution in [0.4, 0.5) is 5.69 Å². The maximum absolute atomic E-state index is 14.4. The van der Waals surface area contributed by atoms with Gasteiger partial charge in [-0.1, -0.05) is 90.0 Å². The van der Waals surface area contributed by atoms with Gasteiger partial charge in [-0.25, -0.2) is 10.3 Å². The Morgan fingerprint density at radius 2 is 1.49 bits per heavy atom. The molecule has 2 atom stereocenters. The fourth-order valence-electron chi connectivity index (χ4n) is 7.03. The lowest BCUT2D eigenvalue weighted by molar-refractivity contribution is -0.123. The first kappa shape index (κ1) is 25.4. The molecule has 0 unspecified atom stereocenters. The van der Waals surface area contributed by atoms with Gasteiger partial charge in [0.25, 0.3) is 0 Å². The topological polar surface area (TPSA) is 78.8 Å². The van der Waals surface area contributed by atoms with E-state index >= 15 is 0 Å². The summed E-state index contributed by atoms with van der Waals surface area (Å²) in [6, 6.07) is 30.5. The smallest absolute Gasteiger partial charge is 0.244 e. The number of halogens is 1. The predicted molar refractivity (Wildman–Crippen MR) is 158 cm³/mol. The second-order valence-corrected chi connectivity index (χ2v) is 11.4. The van der Waals surface area contributed by atoms with Crippen LogP contribution in [0, 0.1) is 18.8 Å². The van der Waals surface area contributed by atoms with Gasteiger partial charge in [-0.15, -0.1) is 0 Å². The molecule has 4 aliphatic rings. The number of hydrogen-bond acceptors (Lipinski definition) is 4. The summed E-state index contributed by atoms with van der Waals surface area (Å²) >= 11 is 5.98. The maximum Gasteiger partial charge on any atom is 0.244 e. The Bertz CT molecular complexity index is 1700. The minimum absolute atomic E-state index is 0.126. The molecule has 3 aliphatic carbocycles. The number of hydrogen-bond donors (Lipinski definition) is 1. The molecule has 0 radical (unpaired) electrons. The SMILES string of the molecule is Cc1ccc(N2C(=O)[C@@H]3C4c5ccccc5C(/C=N\NC(=O)Cc5ccc(Cl)cc5)(c5ccccc54)[C@@H]3C2=O)cc1. The van der Waals surface area contributed by atoms with E-state index in [-0.39, 0.29) is 30.1 Å². The van der Waals surface area contributed by atoms with Crippen molar-refractivity contribution in [2.45, 2.75) is 24.7 Å². The van der Waals surface area contributed by atoms with Crippen molar-refractivity contribution < 1.29 is 14.4 Å². The molecule has 41 heavy (non-hydrogen) atoms. The monoisotopic (exact) mass is 559 g/mol. The van der Waals surface area contributed by atoms with Crippen molar-refractivity contribution >= 4 is 41.2 Å². The van der Waals surface area contributed by atoms with Crippen LogP contribution in [0.15, 0.2) is 102 Å². The number of aryl methyl sites for hydroxylation is 1. The van der Waals surface area contributed by atoms with Crippen molar-refractivity contribution in [2.75, 3.05) is 4.90 Å². The highest BCUT2D eigenvalue weighted by molar-refractivity contribution is 6.30. The van der Waals surface area contributed by atoms with E-state index < -0.39 is 17.3 Å². The van der Waals surface area contributed by atoms with E-state index in [4.69, 9.17) is 11.6 Å². The second kappa shape index (κ2) is 9.53. The summed E-state index contributed by atoms with van der Waals surface area (Å²) < 4.78 is 0. The van der Waals surface area contributed by atoms with Gasteiger partial charge in [0.1, 0.15) is 0 Å². The summed E-state index contributed by atoms with van der Waals surface area (Å²) in [6.45, 7) is 1.97. The molecule has 7 heteroatoms. The molecule has 1 fully saturated rings. The second-order valence-electron chi connectivity index (χ2n) is 11.0. The molecule has 1 aliphatic heterocycles. The Hall–Kier alpha value is -4.55. The van der Waals surface area contributed by atoms with Crippen molar-refractivity contribution in [2.24, 2.45) is 16.9 Å². The molecule has 202 valence electrons. The summed E-state index contributed by atoms with van der Waals surface area (Å²) in [4.78, 5) is 42.7. The number of amides is 3. The van der Waals surface area contributed by atoms with Crippen molar-refractivity contribution in [3.05, 3.63) is 135 Å². The summed E-state index contributed by atoms with van der Waals surface area (Å²) in [5.41, 5.74) is 7.95. The highest BCUT2D eigenvalue weighted by atomic mass is 35.5. The van der Waals surface area contributed by atoms with E-state index in [9.17, 15) is 14.4 Å². The fraction of sp³-hybridized carbons (Fsp3) is 0.176. The van der Waals surface area contributed by atoms with E-state index in [0.717, 1.165) is 33.4 Å². The van der Waals surface area contributed by atoms with Gasteiger partial charge in [-0.2, -0.15) is 5.10 Å². The van der Waals surface area contributed by atoms with Crippen LogP contribution in [-0.2, 0) is 26.2 Å². The lowest BCUT2D eigenvalue weighted by Gasteiger charge is -2.52. The Labute approximate surface area is 242 Å². The summed E-state index contributed by atoms with van der Waals surface area (Å²) in [5, 5.41) is 5.07. The van der Waals surface area contributed by atoms with E-state index in [0.29, 0.717) is 10.7 Å². The van der Waals surface area contributed by atoms with Gasteiger partial charge in [0.05, 0.1) is 29.4 Å². The van der Waals surface area contributed by atoms with Gasteiger partial charge in [0, 0.05) is 17.2 Å². The van der Waals surface area contributed by atoms with E-state index in [2.05, 4.69) is 10.5 Å². The molecule has 0 spiro atoms. The first-order valence-corrected chi connectivity index (χ1v) is 14.0. The molecule has 4 aromatic carbocycles. The molecule has 1 saturated heterocycles. The van der Waals surface area contributed by atoms with Gasteiger partial charge < -0.3 is 0 Å². The third-order valence-corrected chi connectivity index (χ3v) is 8.96. The molecular weight excluding hydrogens is 534 g/mol. The number of carbonyl (C=O) groups excluding carboxylic acids is 3. The zero-order chi connectivity index (χ0) is 28.3. The molecule has 1 heterocycles. The number of rotatable bonds is 5. The Balaban J connectivity index is 1.34. The number of anilines is 1. The maximum atomic E-state index is 14.4. The number of nitrogens with one attached hydrogen (secondary N) is 1. The minimum atomic E-state index is -1.04. The summed E-state index contributed by atoms with van der Waals surface area (Å²) in [7, 11) is 0. The molecule has 2 bridgehead atoms. The zero-order valence-electron chi connectivity index (χ0n) is 22.3. The van der Waals surface area contributed by atoms with Crippen molar-refractivity contribution in [1.29, 1.82) is 0 Å². The van der Waals surface area contributed by atoms with E-state index in [1.54, 1.807) is 30.5 Å². The average molecular weight is 560 g/mol. The van der Waals surface area contributed by atoms with Crippen LogP contribution in [0.25, 0.3) is 0 Å². The molecule has 4 aromatic rings. The van der Waals surface area contributed by atoms with Gasteiger partial charge in [0.15, 0.2) is 0 Å². The van der Waals surface area contributed by atoms with Crippen molar-refractivity contribution in [3.8, 4) is 0 Å². The number of imide groups is 1. The summed E-state index contributed by atoms with van der Waals surface area (Å²) in [6.07, 6.45) is 1.81. The third-order valence-electron chi connectivity index (χ3n) is 8.71. The molecule has 3 amide bonds. The van der Waals surface area contributed by atoms with Gasteiger partial charge >= 0.3 is 0 Å². The van der Waals surface area contributed by atoms with Gasteiger partial charge in [0.2, 0.25) is 17.7 Å².